The summed E-state index contributed by atoms with van der Waals surface area (Å²) < 4.78 is 11.8. The van der Waals surface area contributed by atoms with E-state index in [0.29, 0.717) is 18.8 Å². The van der Waals surface area contributed by atoms with Gasteiger partial charge in [0.2, 0.25) is 0 Å². The molecule has 0 N–H and O–H groups in total. The molecule has 29 heavy (non-hydrogen) atoms. The number of carbonyl (C=O) groups is 1. The van der Waals surface area contributed by atoms with E-state index in [0.717, 1.165) is 49.8 Å². The zero-order valence-electron chi connectivity index (χ0n) is 18.0. The van der Waals surface area contributed by atoms with E-state index < -0.39 is 0 Å². The SMILES string of the molecule is CCOc1ccc(C(=O)N2CCN(CC)CC2)cc1COc1ccc(C)c(C)c1. The standard InChI is InChI=1S/C24H32N2O3/c1-5-25-11-13-26(14-12-25)24(27)20-8-10-23(28-6-2)21(16-20)17-29-22-9-7-18(3)19(4)15-22/h7-10,15-16H,5-6,11-14,17H2,1-4H3. The van der Waals surface area contributed by atoms with Crippen LogP contribution in [0, 0.1) is 13.8 Å². The lowest BCUT2D eigenvalue weighted by Crippen LogP contribution is -2.48. The molecule has 1 amide bonds. The van der Waals surface area contributed by atoms with Crippen LogP contribution in [-0.4, -0.2) is 55.0 Å². The van der Waals surface area contributed by atoms with E-state index in [1.54, 1.807) is 0 Å². The Bertz CT molecular complexity index is 842. The molecule has 3 rings (SSSR count). The van der Waals surface area contributed by atoms with Crippen molar-refractivity contribution in [1.29, 1.82) is 0 Å². The van der Waals surface area contributed by atoms with E-state index in [1.165, 1.54) is 11.1 Å². The third kappa shape index (κ3) is 5.30. The number of amides is 1. The van der Waals surface area contributed by atoms with Gasteiger partial charge in [0.1, 0.15) is 18.1 Å². The van der Waals surface area contributed by atoms with Gasteiger partial charge in [-0.15, -0.1) is 0 Å². The molecule has 0 saturated carbocycles. The van der Waals surface area contributed by atoms with Gasteiger partial charge < -0.3 is 19.3 Å². The monoisotopic (exact) mass is 396 g/mol. The fourth-order valence-corrected chi connectivity index (χ4v) is 3.54. The van der Waals surface area contributed by atoms with Crippen LogP contribution in [0.5, 0.6) is 11.5 Å². The highest BCUT2D eigenvalue weighted by Gasteiger charge is 2.22. The van der Waals surface area contributed by atoms with Crippen LogP contribution >= 0.6 is 0 Å². The number of likely N-dealkylation sites (N-methyl/N-ethyl adjacent to an activating group) is 1. The van der Waals surface area contributed by atoms with Gasteiger partial charge >= 0.3 is 0 Å². The number of aryl methyl sites for hydroxylation is 2. The maximum absolute atomic E-state index is 13.0. The summed E-state index contributed by atoms with van der Waals surface area (Å²) in [5, 5.41) is 0. The fraction of sp³-hybridized carbons (Fsp3) is 0.458. The number of ether oxygens (including phenoxy) is 2. The predicted octanol–water partition coefficient (Wildman–Crippen LogP) is 4.06. The molecule has 2 aromatic carbocycles. The Morgan fingerprint density at radius 2 is 1.69 bits per heavy atom. The maximum Gasteiger partial charge on any atom is 0.253 e. The van der Waals surface area contributed by atoms with Gasteiger partial charge in [-0.1, -0.05) is 13.0 Å². The minimum atomic E-state index is 0.0798. The lowest BCUT2D eigenvalue weighted by atomic mass is 10.1. The molecule has 0 spiro atoms. The van der Waals surface area contributed by atoms with Crippen LogP contribution in [0.2, 0.25) is 0 Å². The Morgan fingerprint density at radius 1 is 0.931 bits per heavy atom. The molecule has 0 bridgehead atoms. The van der Waals surface area contributed by atoms with Crippen molar-refractivity contribution in [3.8, 4) is 11.5 Å². The Kier molecular flexibility index (Phi) is 7.15. The van der Waals surface area contributed by atoms with Gasteiger partial charge in [-0.05, 0) is 68.8 Å². The van der Waals surface area contributed by atoms with Gasteiger partial charge in [-0.25, -0.2) is 0 Å². The summed E-state index contributed by atoms with van der Waals surface area (Å²) in [5.74, 6) is 1.67. The molecular formula is C24H32N2O3. The summed E-state index contributed by atoms with van der Waals surface area (Å²) in [6.07, 6.45) is 0. The first-order valence-electron chi connectivity index (χ1n) is 10.5. The largest absolute Gasteiger partial charge is 0.493 e. The molecule has 0 radical (unpaired) electrons. The third-order valence-corrected chi connectivity index (χ3v) is 5.59. The number of piperazine rings is 1. The van der Waals surface area contributed by atoms with Crippen molar-refractivity contribution < 1.29 is 14.3 Å². The van der Waals surface area contributed by atoms with Crippen LogP contribution < -0.4 is 9.47 Å². The van der Waals surface area contributed by atoms with Crippen molar-refractivity contribution in [3.05, 3.63) is 58.7 Å². The summed E-state index contributed by atoms with van der Waals surface area (Å²) in [7, 11) is 0. The molecule has 1 fully saturated rings. The highest BCUT2D eigenvalue weighted by Crippen LogP contribution is 2.25. The summed E-state index contributed by atoms with van der Waals surface area (Å²) in [5.41, 5.74) is 4.02. The predicted molar refractivity (Wildman–Crippen MR) is 116 cm³/mol. The van der Waals surface area contributed by atoms with E-state index in [9.17, 15) is 4.79 Å². The fourth-order valence-electron chi connectivity index (χ4n) is 3.54. The Morgan fingerprint density at radius 3 is 2.34 bits per heavy atom. The van der Waals surface area contributed by atoms with Gasteiger partial charge in [0.25, 0.3) is 5.91 Å². The zero-order valence-corrected chi connectivity index (χ0v) is 18.0. The Balaban J connectivity index is 1.74. The smallest absolute Gasteiger partial charge is 0.253 e. The molecule has 1 aliphatic heterocycles. The molecular weight excluding hydrogens is 364 g/mol. The van der Waals surface area contributed by atoms with E-state index in [1.807, 2.05) is 42.2 Å². The van der Waals surface area contributed by atoms with E-state index >= 15 is 0 Å². The molecule has 0 aliphatic carbocycles. The Hall–Kier alpha value is -2.53. The first-order chi connectivity index (χ1) is 14.0. The quantitative estimate of drug-likeness (QED) is 0.708. The highest BCUT2D eigenvalue weighted by atomic mass is 16.5. The molecule has 5 heteroatoms. The minimum absolute atomic E-state index is 0.0798. The first-order valence-corrected chi connectivity index (χ1v) is 10.5. The molecule has 0 aromatic heterocycles. The highest BCUT2D eigenvalue weighted by molar-refractivity contribution is 5.94. The van der Waals surface area contributed by atoms with Crippen molar-refractivity contribution >= 4 is 5.91 Å². The van der Waals surface area contributed by atoms with Crippen LogP contribution in [0.4, 0.5) is 0 Å². The van der Waals surface area contributed by atoms with Crippen LogP contribution in [0.15, 0.2) is 36.4 Å². The van der Waals surface area contributed by atoms with Crippen molar-refractivity contribution in [2.75, 3.05) is 39.3 Å². The van der Waals surface area contributed by atoms with Gasteiger partial charge in [0.15, 0.2) is 0 Å². The van der Waals surface area contributed by atoms with Crippen molar-refractivity contribution in [3.63, 3.8) is 0 Å². The second-order valence-electron chi connectivity index (χ2n) is 7.52. The lowest BCUT2D eigenvalue weighted by molar-refractivity contribution is 0.0643. The number of carbonyl (C=O) groups excluding carboxylic acids is 1. The van der Waals surface area contributed by atoms with Gasteiger partial charge in [-0.2, -0.15) is 0 Å². The van der Waals surface area contributed by atoms with Crippen LogP contribution in [-0.2, 0) is 6.61 Å². The van der Waals surface area contributed by atoms with Gasteiger partial charge in [0.05, 0.1) is 6.61 Å². The average Bonchev–Trinajstić information content (AvgIpc) is 2.75. The number of rotatable bonds is 7. The second-order valence-corrected chi connectivity index (χ2v) is 7.52. The molecule has 2 aromatic rings. The van der Waals surface area contributed by atoms with E-state index in [2.05, 4.69) is 31.7 Å². The lowest BCUT2D eigenvalue weighted by Gasteiger charge is -2.34. The summed E-state index contributed by atoms with van der Waals surface area (Å²) in [6.45, 7) is 13.7. The second kappa shape index (κ2) is 9.79. The maximum atomic E-state index is 13.0. The van der Waals surface area contributed by atoms with E-state index in [-0.39, 0.29) is 5.91 Å². The number of benzene rings is 2. The molecule has 156 valence electrons. The van der Waals surface area contributed by atoms with Crippen LogP contribution in [0.1, 0.15) is 40.9 Å². The summed E-state index contributed by atoms with van der Waals surface area (Å²) in [6, 6.07) is 11.7. The summed E-state index contributed by atoms with van der Waals surface area (Å²) in [4.78, 5) is 17.3. The van der Waals surface area contributed by atoms with Crippen molar-refractivity contribution in [2.45, 2.75) is 34.3 Å². The van der Waals surface area contributed by atoms with Gasteiger partial charge in [0, 0.05) is 37.3 Å². The molecule has 0 unspecified atom stereocenters. The summed E-state index contributed by atoms with van der Waals surface area (Å²) >= 11 is 0. The Labute approximate surface area is 174 Å². The van der Waals surface area contributed by atoms with Crippen LogP contribution in [0.25, 0.3) is 0 Å². The average molecular weight is 397 g/mol. The molecule has 1 heterocycles. The third-order valence-electron chi connectivity index (χ3n) is 5.59. The van der Waals surface area contributed by atoms with Crippen molar-refractivity contribution in [1.82, 2.24) is 9.80 Å². The molecule has 1 saturated heterocycles. The van der Waals surface area contributed by atoms with Crippen LogP contribution in [0.3, 0.4) is 0 Å². The number of nitrogens with zero attached hydrogens (tertiary/aromatic N) is 2. The number of hydrogen-bond donors (Lipinski definition) is 0. The zero-order chi connectivity index (χ0) is 20.8. The molecule has 0 atom stereocenters. The van der Waals surface area contributed by atoms with Gasteiger partial charge in [-0.3, -0.25) is 4.79 Å². The minimum Gasteiger partial charge on any atom is -0.493 e. The molecule has 5 nitrogen and oxygen atoms in total. The molecule has 1 aliphatic rings. The van der Waals surface area contributed by atoms with E-state index in [4.69, 9.17) is 9.47 Å². The normalized spacial score (nSPS) is 14.7. The van der Waals surface area contributed by atoms with Crippen molar-refractivity contribution in [2.24, 2.45) is 0 Å². The number of hydrogen-bond acceptors (Lipinski definition) is 4. The first kappa shape index (κ1) is 21.2. The topological polar surface area (TPSA) is 42.0 Å².